The Morgan fingerprint density at radius 3 is 2.41 bits per heavy atom. The molecule has 0 radical (unpaired) electrons. The van der Waals surface area contributed by atoms with Gasteiger partial charge in [0.15, 0.2) is 0 Å². The fourth-order valence-electron chi connectivity index (χ4n) is 4.06. The van der Waals surface area contributed by atoms with E-state index in [2.05, 4.69) is 16.8 Å². The predicted molar refractivity (Wildman–Crippen MR) is 113 cm³/mol. The molecule has 2 aromatic rings. The zero-order chi connectivity index (χ0) is 20.3. The van der Waals surface area contributed by atoms with Gasteiger partial charge < -0.3 is 10.1 Å². The number of sulfonamides is 1. The highest BCUT2D eigenvalue weighted by molar-refractivity contribution is 7.89. The number of thiophene rings is 1. The lowest BCUT2D eigenvalue weighted by Gasteiger charge is -2.36. The summed E-state index contributed by atoms with van der Waals surface area (Å²) in [5, 5.41) is 5.13. The van der Waals surface area contributed by atoms with E-state index in [1.807, 2.05) is 6.07 Å². The van der Waals surface area contributed by atoms with Gasteiger partial charge in [-0.25, -0.2) is 8.42 Å². The molecule has 0 aliphatic carbocycles. The summed E-state index contributed by atoms with van der Waals surface area (Å²) in [4.78, 5) is 14.2. The fraction of sp³-hybridized carbons (Fsp3) is 0.476. The molecule has 8 heteroatoms. The number of rotatable bonds is 6. The summed E-state index contributed by atoms with van der Waals surface area (Å²) in [5.41, 5.74) is 0.375. The van der Waals surface area contributed by atoms with Crippen LogP contribution in [-0.4, -0.2) is 51.5 Å². The van der Waals surface area contributed by atoms with Crippen molar-refractivity contribution in [2.75, 3.05) is 32.8 Å². The SMILES string of the molecule is O=C(NCC1(c2cccs2)CCOCC1)c1ccc(S(=O)(=O)N2CCCC2)cc1. The van der Waals surface area contributed by atoms with E-state index >= 15 is 0 Å². The molecule has 3 heterocycles. The third-order valence-electron chi connectivity index (χ3n) is 5.90. The smallest absolute Gasteiger partial charge is 0.251 e. The highest BCUT2D eigenvalue weighted by Crippen LogP contribution is 2.37. The minimum atomic E-state index is -3.46. The summed E-state index contributed by atoms with van der Waals surface area (Å²) in [5.74, 6) is -0.183. The molecule has 2 fully saturated rings. The average molecular weight is 435 g/mol. The molecule has 6 nitrogen and oxygen atoms in total. The largest absolute Gasteiger partial charge is 0.381 e. The molecule has 0 spiro atoms. The van der Waals surface area contributed by atoms with Gasteiger partial charge in [-0.3, -0.25) is 4.79 Å². The Hall–Kier alpha value is -1.74. The normalized spacial score (nSPS) is 19.9. The van der Waals surface area contributed by atoms with Crippen LogP contribution in [-0.2, 0) is 20.2 Å². The van der Waals surface area contributed by atoms with Crippen molar-refractivity contribution in [3.05, 3.63) is 52.2 Å². The monoisotopic (exact) mass is 434 g/mol. The van der Waals surface area contributed by atoms with Crippen LogP contribution in [0, 0.1) is 0 Å². The fourth-order valence-corrected chi connectivity index (χ4v) is 6.56. The molecule has 4 rings (SSSR count). The standard InChI is InChI=1S/C21H26N2O4S2/c24-20(22-16-21(9-13-27-14-10-21)19-4-3-15-28-19)17-5-7-18(8-6-17)29(25,26)23-11-1-2-12-23/h3-8,15H,1-2,9-14,16H2,(H,22,24). The van der Waals surface area contributed by atoms with Gasteiger partial charge in [-0.1, -0.05) is 6.07 Å². The molecule has 156 valence electrons. The van der Waals surface area contributed by atoms with Gasteiger partial charge in [0.25, 0.3) is 5.91 Å². The van der Waals surface area contributed by atoms with E-state index in [0.717, 1.165) is 25.7 Å². The van der Waals surface area contributed by atoms with E-state index in [0.29, 0.717) is 38.4 Å². The number of hydrogen-bond donors (Lipinski definition) is 1. The van der Waals surface area contributed by atoms with E-state index < -0.39 is 10.0 Å². The minimum Gasteiger partial charge on any atom is -0.381 e. The van der Waals surface area contributed by atoms with Crippen molar-refractivity contribution in [2.24, 2.45) is 0 Å². The van der Waals surface area contributed by atoms with E-state index in [1.165, 1.54) is 21.3 Å². The van der Waals surface area contributed by atoms with Crippen LogP contribution >= 0.6 is 11.3 Å². The highest BCUT2D eigenvalue weighted by Gasteiger charge is 2.36. The maximum Gasteiger partial charge on any atom is 0.251 e. The first-order chi connectivity index (χ1) is 14.0. The second kappa shape index (κ2) is 8.55. The van der Waals surface area contributed by atoms with Crippen LogP contribution in [0.5, 0.6) is 0 Å². The topological polar surface area (TPSA) is 75.7 Å². The van der Waals surface area contributed by atoms with Crippen LogP contribution in [0.2, 0.25) is 0 Å². The first-order valence-corrected chi connectivity index (χ1v) is 12.3. The third kappa shape index (κ3) is 4.26. The van der Waals surface area contributed by atoms with Gasteiger partial charge in [0.1, 0.15) is 0 Å². The van der Waals surface area contributed by atoms with Crippen LogP contribution in [0.4, 0.5) is 0 Å². The number of carbonyl (C=O) groups excluding carboxylic acids is 1. The van der Waals surface area contributed by atoms with E-state index in [1.54, 1.807) is 23.5 Å². The van der Waals surface area contributed by atoms with Gasteiger partial charge in [-0.05, 0) is 61.4 Å². The first kappa shape index (κ1) is 20.5. The molecule has 29 heavy (non-hydrogen) atoms. The molecule has 1 N–H and O–H groups in total. The molecule has 1 amide bonds. The Kier molecular flexibility index (Phi) is 6.06. The molecular formula is C21H26N2O4S2. The maximum atomic E-state index is 12.7. The van der Waals surface area contributed by atoms with Gasteiger partial charge in [0, 0.05) is 48.7 Å². The number of nitrogens with one attached hydrogen (secondary N) is 1. The Morgan fingerprint density at radius 1 is 1.10 bits per heavy atom. The zero-order valence-electron chi connectivity index (χ0n) is 16.3. The van der Waals surface area contributed by atoms with Crippen LogP contribution < -0.4 is 5.32 Å². The first-order valence-electron chi connectivity index (χ1n) is 10.0. The van der Waals surface area contributed by atoms with Crippen molar-refractivity contribution in [2.45, 2.75) is 36.0 Å². The molecule has 0 bridgehead atoms. The summed E-state index contributed by atoms with van der Waals surface area (Å²) < 4.78 is 32.3. The predicted octanol–water partition coefficient (Wildman–Crippen LogP) is 3.01. The number of hydrogen-bond acceptors (Lipinski definition) is 5. The lowest BCUT2D eigenvalue weighted by atomic mass is 9.78. The number of benzene rings is 1. The van der Waals surface area contributed by atoms with E-state index in [9.17, 15) is 13.2 Å². The zero-order valence-corrected chi connectivity index (χ0v) is 17.9. The Labute approximate surface area is 175 Å². The van der Waals surface area contributed by atoms with Gasteiger partial charge in [-0.2, -0.15) is 4.31 Å². The highest BCUT2D eigenvalue weighted by atomic mass is 32.2. The van der Waals surface area contributed by atoms with Crippen molar-refractivity contribution in [1.29, 1.82) is 0 Å². The summed E-state index contributed by atoms with van der Waals surface area (Å²) in [7, 11) is -3.46. The Morgan fingerprint density at radius 2 is 1.79 bits per heavy atom. The van der Waals surface area contributed by atoms with Crippen LogP contribution in [0.25, 0.3) is 0 Å². The van der Waals surface area contributed by atoms with Gasteiger partial charge >= 0.3 is 0 Å². The van der Waals surface area contributed by atoms with Crippen LogP contribution in [0.1, 0.15) is 40.9 Å². The van der Waals surface area contributed by atoms with Crippen LogP contribution in [0.15, 0.2) is 46.7 Å². The molecule has 0 saturated carbocycles. The van der Waals surface area contributed by atoms with E-state index in [-0.39, 0.29) is 16.2 Å². The van der Waals surface area contributed by atoms with E-state index in [4.69, 9.17) is 4.74 Å². The molecular weight excluding hydrogens is 408 g/mol. The minimum absolute atomic E-state index is 0.0961. The lowest BCUT2D eigenvalue weighted by molar-refractivity contribution is 0.0499. The van der Waals surface area contributed by atoms with Crippen molar-refractivity contribution < 1.29 is 17.9 Å². The Bertz CT molecular complexity index is 928. The second-order valence-corrected chi connectivity index (χ2v) is 10.6. The lowest BCUT2D eigenvalue weighted by Crippen LogP contribution is -2.44. The number of amides is 1. The summed E-state index contributed by atoms with van der Waals surface area (Å²) in [6.45, 7) is 3.06. The molecule has 2 aliphatic heterocycles. The van der Waals surface area contributed by atoms with Crippen molar-refractivity contribution in [1.82, 2.24) is 9.62 Å². The molecule has 1 aromatic heterocycles. The van der Waals surface area contributed by atoms with Gasteiger partial charge in [-0.15, -0.1) is 11.3 Å². The van der Waals surface area contributed by atoms with Gasteiger partial charge in [0.05, 0.1) is 4.90 Å². The van der Waals surface area contributed by atoms with Gasteiger partial charge in [0.2, 0.25) is 10.0 Å². The van der Waals surface area contributed by atoms with Crippen molar-refractivity contribution in [3.63, 3.8) is 0 Å². The molecule has 2 aliphatic rings. The third-order valence-corrected chi connectivity index (χ3v) is 8.93. The maximum absolute atomic E-state index is 12.7. The molecule has 1 aromatic carbocycles. The number of carbonyl (C=O) groups is 1. The molecule has 2 saturated heterocycles. The number of nitrogens with zero attached hydrogens (tertiary/aromatic N) is 1. The quantitative estimate of drug-likeness (QED) is 0.758. The molecule has 0 unspecified atom stereocenters. The second-order valence-electron chi connectivity index (χ2n) is 7.69. The van der Waals surface area contributed by atoms with Crippen molar-refractivity contribution >= 4 is 27.3 Å². The average Bonchev–Trinajstić information content (AvgIpc) is 3.47. The summed E-state index contributed by atoms with van der Waals surface area (Å²) >= 11 is 1.71. The van der Waals surface area contributed by atoms with Crippen molar-refractivity contribution in [3.8, 4) is 0 Å². The summed E-state index contributed by atoms with van der Waals surface area (Å²) in [6, 6.07) is 10.4. The number of ether oxygens (including phenoxy) is 1. The summed E-state index contributed by atoms with van der Waals surface area (Å²) in [6.07, 6.45) is 3.55. The molecule has 0 atom stereocenters. The van der Waals surface area contributed by atoms with Crippen LogP contribution in [0.3, 0.4) is 0 Å². The Balaban J connectivity index is 1.44.